The van der Waals surface area contributed by atoms with Crippen LogP contribution >= 0.6 is 0 Å². The van der Waals surface area contributed by atoms with Crippen molar-refractivity contribution in [1.29, 1.82) is 0 Å². The molecule has 0 saturated carbocycles. The predicted octanol–water partition coefficient (Wildman–Crippen LogP) is 1.29. The van der Waals surface area contributed by atoms with Crippen molar-refractivity contribution in [1.82, 2.24) is 9.78 Å². The average molecular weight is 234 g/mol. The Morgan fingerprint density at radius 3 is 2.56 bits per heavy atom. The van der Waals surface area contributed by atoms with E-state index in [1.54, 1.807) is 0 Å². The fourth-order valence-corrected chi connectivity index (χ4v) is 1.15. The Balaban J connectivity index is 3.27. The summed E-state index contributed by atoms with van der Waals surface area (Å²) < 4.78 is 43.1. The second-order valence-electron chi connectivity index (χ2n) is 2.87. The summed E-state index contributed by atoms with van der Waals surface area (Å²) in [7, 11) is 1.28. The van der Waals surface area contributed by atoms with Gasteiger partial charge in [0.25, 0.3) is 0 Å². The number of rotatable bonds is 2. The zero-order valence-corrected chi connectivity index (χ0v) is 8.59. The van der Waals surface area contributed by atoms with E-state index >= 15 is 0 Å². The first-order chi connectivity index (χ1) is 7.41. The van der Waals surface area contributed by atoms with E-state index in [2.05, 4.69) is 17.1 Å². The van der Waals surface area contributed by atoms with Crippen LogP contribution in [0.25, 0.3) is 0 Å². The van der Waals surface area contributed by atoms with Crippen molar-refractivity contribution in [2.75, 3.05) is 0 Å². The summed E-state index contributed by atoms with van der Waals surface area (Å²) in [6, 6.07) is 0. The number of nitrogens with zero attached hydrogens (tertiary/aromatic N) is 2. The van der Waals surface area contributed by atoms with Crippen molar-refractivity contribution in [3.05, 3.63) is 11.3 Å². The Bertz CT molecular complexity index is 440. The van der Waals surface area contributed by atoms with Crippen LogP contribution in [-0.4, -0.2) is 14.9 Å². The number of hydrogen-bond donors (Lipinski definition) is 1. The number of hydrogen-bond acceptors (Lipinski definition) is 3. The van der Waals surface area contributed by atoms with Crippen LogP contribution in [0.3, 0.4) is 0 Å². The van der Waals surface area contributed by atoms with Gasteiger partial charge in [-0.05, 0) is 0 Å². The third-order valence-electron chi connectivity index (χ3n) is 1.76. The summed E-state index contributed by atoms with van der Waals surface area (Å²) in [5.74, 6) is 2.16. The highest BCUT2D eigenvalue weighted by atomic mass is 19.4. The molecule has 0 unspecified atom stereocenters. The molecule has 1 aromatic heterocycles. The molecule has 16 heavy (non-hydrogen) atoms. The van der Waals surface area contributed by atoms with Crippen molar-refractivity contribution in [2.24, 2.45) is 7.05 Å². The topological polar surface area (TPSA) is 47.3 Å². The van der Waals surface area contributed by atoms with Gasteiger partial charge in [-0.3, -0.25) is 0 Å². The highest BCUT2D eigenvalue weighted by Gasteiger charge is 2.39. The largest absolute Gasteiger partial charge is 0.435 e. The van der Waals surface area contributed by atoms with E-state index in [-0.39, 0.29) is 5.88 Å². The number of aliphatic hydroxyl groups is 1. The molecule has 88 valence electrons. The van der Waals surface area contributed by atoms with E-state index in [1.807, 2.05) is 0 Å². The van der Waals surface area contributed by atoms with E-state index in [0.29, 0.717) is 0 Å². The van der Waals surface area contributed by atoms with Gasteiger partial charge in [0.05, 0.1) is 12.2 Å². The van der Waals surface area contributed by atoms with Crippen molar-refractivity contribution in [2.45, 2.75) is 19.7 Å². The van der Waals surface area contributed by atoms with Crippen LogP contribution in [0.4, 0.5) is 13.2 Å². The molecule has 0 fully saturated rings. The first-order valence-electron chi connectivity index (χ1n) is 4.24. The van der Waals surface area contributed by atoms with Crippen molar-refractivity contribution in [3.63, 3.8) is 0 Å². The molecular weight excluding hydrogens is 225 g/mol. The fourth-order valence-electron chi connectivity index (χ4n) is 1.15. The lowest BCUT2D eigenvalue weighted by molar-refractivity contribution is -0.142. The van der Waals surface area contributed by atoms with Gasteiger partial charge in [-0.25, -0.2) is 4.68 Å². The summed E-state index contributed by atoms with van der Waals surface area (Å²) >= 11 is 0. The summed E-state index contributed by atoms with van der Waals surface area (Å²) in [6.07, 6.45) is -2.47. The van der Waals surface area contributed by atoms with Crippen LogP contribution in [0.2, 0.25) is 0 Å². The Kier molecular flexibility index (Phi) is 3.44. The third kappa shape index (κ3) is 2.28. The van der Waals surface area contributed by atoms with Crippen LogP contribution in [0.1, 0.15) is 18.2 Å². The molecule has 4 nitrogen and oxygen atoms in total. The first kappa shape index (κ1) is 12.4. The highest BCUT2D eigenvalue weighted by molar-refractivity contribution is 5.33. The molecule has 0 aliphatic rings. The van der Waals surface area contributed by atoms with Gasteiger partial charge in [-0.15, -0.1) is 0 Å². The van der Waals surface area contributed by atoms with Gasteiger partial charge < -0.3 is 9.84 Å². The van der Waals surface area contributed by atoms with Crippen LogP contribution in [-0.2, 0) is 19.8 Å². The van der Waals surface area contributed by atoms with Gasteiger partial charge in [0, 0.05) is 14.0 Å². The van der Waals surface area contributed by atoms with Crippen molar-refractivity contribution >= 4 is 0 Å². The summed E-state index contributed by atoms with van der Waals surface area (Å²) in [4.78, 5) is 0. The minimum atomic E-state index is -4.63. The molecule has 0 amide bonds. The minimum absolute atomic E-state index is 0.204. The quantitative estimate of drug-likeness (QED) is 0.784. The molecule has 0 aromatic carbocycles. The lowest BCUT2D eigenvalue weighted by atomic mass is 10.2. The molecular formula is C9H9F3N2O2. The molecule has 0 atom stereocenters. The normalized spacial score (nSPS) is 10.9. The minimum Gasteiger partial charge on any atom is -0.391 e. The summed E-state index contributed by atoms with van der Waals surface area (Å²) in [5.41, 5.74) is -1.58. The van der Waals surface area contributed by atoms with E-state index in [1.165, 1.54) is 14.0 Å². The van der Waals surface area contributed by atoms with Crippen LogP contribution < -0.4 is 4.74 Å². The van der Waals surface area contributed by atoms with Gasteiger partial charge in [-0.1, -0.05) is 5.92 Å². The van der Waals surface area contributed by atoms with Crippen molar-refractivity contribution < 1.29 is 23.0 Å². The van der Waals surface area contributed by atoms with Gasteiger partial charge in [0.15, 0.2) is 5.69 Å². The summed E-state index contributed by atoms with van der Waals surface area (Å²) in [5, 5.41) is 12.1. The molecule has 1 heterocycles. The fraction of sp³-hybridized carbons (Fsp3) is 0.444. The number of ether oxygens (including phenoxy) is 1. The molecule has 0 saturated heterocycles. The van der Waals surface area contributed by atoms with Crippen LogP contribution in [0.15, 0.2) is 0 Å². The smallest absolute Gasteiger partial charge is 0.391 e. The number of halogens is 3. The lowest BCUT2D eigenvalue weighted by Gasteiger charge is -2.03. The zero-order valence-electron chi connectivity index (χ0n) is 8.59. The third-order valence-corrected chi connectivity index (χ3v) is 1.76. The number of aromatic nitrogens is 2. The summed E-state index contributed by atoms with van der Waals surface area (Å²) in [6.45, 7) is 0.656. The van der Waals surface area contributed by atoms with Gasteiger partial charge in [-0.2, -0.15) is 18.3 Å². The van der Waals surface area contributed by atoms with Gasteiger partial charge in [0.1, 0.15) is 6.11 Å². The molecule has 0 bridgehead atoms. The van der Waals surface area contributed by atoms with Crippen molar-refractivity contribution in [3.8, 4) is 17.9 Å². The number of aryl methyl sites for hydroxylation is 1. The Hall–Kier alpha value is -1.68. The first-order valence-corrected chi connectivity index (χ1v) is 4.24. The molecule has 1 rings (SSSR count). The Morgan fingerprint density at radius 1 is 1.50 bits per heavy atom. The molecule has 1 aromatic rings. The maximum absolute atomic E-state index is 12.5. The molecule has 0 radical (unpaired) electrons. The highest BCUT2D eigenvalue weighted by Crippen LogP contribution is 2.35. The Morgan fingerprint density at radius 2 is 2.12 bits per heavy atom. The molecule has 1 N–H and O–H groups in total. The average Bonchev–Trinajstić information content (AvgIpc) is 2.51. The standard InChI is InChI=1S/C9H9F3N2O2/c1-3-4-16-8-6(5-15)7(9(10,11)12)13-14(8)2/h15H,5H2,1-2H3. The molecule has 0 aliphatic carbocycles. The zero-order chi connectivity index (χ0) is 12.3. The number of alkyl halides is 3. The molecule has 7 heteroatoms. The van der Waals surface area contributed by atoms with Crippen LogP contribution in [0, 0.1) is 12.0 Å². The Labute approximate surface area is 89.6 Å². The second-order valence-corrected chi connectivity index (χ2v) is 2.87. The van der Waals surface area contributed by atoms with Gasteiger partial charge in [0.2, 0.25) is 5.88 Å². The molecule has 0 aliphatic heterocycles. The maximum atomic E-state index is 12.5. The molecule has 0 spiro atoms. The van der Waals surface area contributed by atoms with E-state index in [4.69, 9.17) is 9.84 Å². The van der Waals surface area contributed by atoms with E-state index in [9.17, 15) is 13.2 Å². The van der Waals surface area contributed by atoms with E-state index < -0.39 is 24.0 Å². The monoisotopic (exact) mass is 234 g/mol. The van der Waals surface area contributed by atoms with Crippen LogP contribution in [0.5, 0.6) is 5.88 Å². The lowest BCUT2D eigenvalue weighted by Crippen LogP contribution is -2.09. The second kappa shape index (κ2) is 4.45. The maximum Gasteiger partial charge on any atom is 0.435 e. The number of aliphatic hydroxyl groups excluding tert-OH is 1. The predicted molar refractivity (Wildman–Crippen MR) is 48.2 cm³/mol. The van der Waals surface area contributed by atoms with E-state index in [0.717, 1.165) is 4.68 Å². The SMILES string of the molecule is CC#COc1c(CO)c(C(F)(F)F)nn1C. The van der Waals surface area contributed by atoms with Gasteiger partial charge >= 0.3 is 6.18 Å².